The summed E-state index contributed by atoms with van der Waals surface area (Å²) >= 11 is 0. The van der Waals surface area contributed by atoms with Crippen molar-refractivity contribution in [2.24, 2.45) is 5.92 Å². The highest BCUT2D eigenvalue weighted by Gasteiger charge is 2.30. The van der Waals surface area contributed by atoms with E-state index in [4.69, 9.17) is 14.6 Å². The number of aliphatic hydroxyl groups is 4. The van der Waals surface area contributed by atoms with Crippen LogP contribution in [0.15, 0.2) is 60.7 Å². The highest BCUT2D eigenvalue weighted by Crippen LogP contribution is 2.12. The monoisotopic (exact) mass is 660 g/mol. The van der Waals surface area contributed by atoms with Crippen molar-refractivity contribution in [3.8, 4) is 0 Å². The average molecular weight is 661 g/mol. The van der Waals surface area contributed by atoms with Crippen molar-refractivity contribution in [3.05, 3.63) is 71.8 Å². The number of aliphatic hydroxyl groups excluding tert-OH is 4. The van der Waals surface area contributed by atoms with Crippen molar-refractivity contribution >= 4 is 18.1 Å². The van der Waals surface area contributed by atoms with Gasteiger partial charge in [0.25, 0.3) is 0 Å². The number of rotatable bonds is 18. The summed E-state index contributed by atoms with van der Waals surface area (Å²) in [6.07, 6.45) is -4.41. The van der Waals surface area contributed by atoms with E-state index in [2.05, 4.69) is 21.3 Å². The van der Waals surface area contributed by atoms with Crippen LogP contribution in [-0.4, -0.2) is 107 Å². The lowest BCUT2D eigenvalue weighted by molar-refractivity contribution is -0.125. The van der Waals surface area contributed by atoms with Crippen LogP contribution in [0.5, 0.6) is 0 Å². The molecule has 2 aromatic rings. The van der Waals surface area contributed by atoms with Crippen molar-refractivity contribution in [3.63, 3.8) is 0 Å². The number of nitrogens with one attached hydrogen (secondary N) is 4. The second kappa shape index (κ2) is 19.8. The molecule has 0 aliphatic rings. The van der Waals surface area contributed by atoms with Gasteiger partial charge in [-0.25, -0.2) is 9.59 Å². The lowest BCUT2D eigenvalue weighted by Gasteiger charge is -2.30. The Labute approximate surface area is 277 Å². The van der Waals surface area contributed by atoms with E-state index in [1.54, 1.807) is 34.6 Å². The minimum absolute atomic E-state index is 0.0120. The topological polar surface area (TPSA) is 199 Å². The molecule has 6 atom stereocenters. The molecule has 262 valence electrons. The largest absolute Gasteiger partial charge is 0.447 e. The molecule has 0 aliphatic heterocycles. The molecular weight excluding hydrogens is 608 g/mol. The molecule has 2 aromatic carbocycles. The zero-order valence-electron chi connectivity index (χ0n) is 27.9. The quantitative estimate of drug-likeness (QED) is 0.115. The van der Waals surface area contributed by atoms with E-state index < -0.39 is 73.3 Å². The molecule has 8 N–H and O–H groups in total. The lowest BCUT2D eigenvalue weighted by Crippen LogP contribution is -2.57. The van der Waals surface area contributed by atoms with Gasteiger partial charge in [-0.05, 0) is 50.7 Å². The first kappa shape index (κ1) is 39.4. The van der Waals surface area contributed by atoms with Crippen LogP contribution >= 0.6 is 0 Å². The smallest absolute Gasteiger partial charge is 0.407 e. The minimum Gasteiger partial charge on any atom is -0.447 e. The Morgan fingerprint density at radius 3 is 1.68 bits per heavy atom. The van der Waals surface area contributed by atoms with Crippen LogP contribution < -0.4 is 21.3 Å². The van der Waals surface area contributed by atoms with E-state index in [0.29, 0.717) is 6.42 Å². The third-order valence-electron chi connectivity index (χ3n) is 7.10. The van der Waals surface area contributed by atoms with E-state index >= 15 is 0 Å². The first-order valence-corrected chi connectivity index (χ1v) is 15.8. The number of carbonyl (C=O) groups is 3. The summed E-state index contributed by atoms with van der Waals surface area (Å²) in [7, 11) is 0. The summed E-state index contributed by atoms with van der Waals surface area (Å²) in [4.78, 5) is 38.2. The fourth-order valence-electron chi connectivity index (χ4n) is 4.63. The number of ether oxygens (including phenoxy) is 2. The van der Waals surface area contributed by atoms with Gasteiger partial charge in [-0.3, -0.25) is 4.79 Å². The van der Waals surface area contributed by atoms with E-state index in [1.165, 1.54) is 0 Å². The molecule has 5 unspecified atom stereocenters. The van der Waals surface area contributed by atoms with Gasteiger partial charge in [-0.2, -0.15) is 0 Å². The van der Waals surface area contributed by atoms with Gasteiger partial charge in [0.15, 0.2) is 0 Å². The Hall–Kier alpha value is -3.75. The highest BCUT2D eigenvalue weighted by molar-refractivity contribution is 5.86. The van der Waals surface area contributed by atoms with E-state index in [9.17, 15) is 29.7 Å². The first-order chi connectivity index (χ1) is 22.2. The normalized spacial score (nSPS) is 15.4. The molecule has 0 spiro atoms. The summed E-state index contributed by atoms with van der Waals surface area (Å²) < 4.78 is 10.3. The van der Waals surface area contributed by atoms with Crippen LogP contribution in [0, 0.1) is 5.92 Å². The van der Waals surface area contributed by atoms with Crippen molar-refractivity contribution in [1.82, 2.24) is 21.3 Å². The molecular formula is C34H52N4O9. The molecule has 0 heterocycles. The SMILES string of the molecule is CC(C)[C@H](NC(=O)OCC(O)CO)C(=O)NC(Cc1ccccc1)C(O)CNCC(O)C(Cc1ccccc1)NC(=O)OC(C)(C)C. The fraction of sp³-hybridized carbons (Fsp3) is 0.559. The van der Waals surface area contributed by atoms with Gasteiger partial charge >= 0.3 is 12.2 Å². The van der Waals surface area contributed by atoms with Crippen molar-refractivity contribution in [2.75, 3.05) is 26.3 Å². The van der Waals surface area contributed by atoms with Crippen molar-refractivity contribution < 1.29 is 44.3 Å². The van der Waals surface area contributed by atoms with Gasteiger partial charge in [0.1, 0.15) is 24.4 Å². The summed E-state index contributed by atoms with van der Waals surface area (Å²) in [6, 6.07) is 16.1. The Morgan fingerprint density at radius 1 is 0.745 bits per heavy atom. The van der Waals surface area contributed by atoms with Gasteiger partial charge < -0.3 is 51.2 Å². The molecule has 3 amide bonds. The van der Waals surface area contributed by atoms with E-state index in [0.717, 1.165) is 11.1 Å². The predicted octanol–water partition coefficient (Wildman–Crippen LogP) is 1.27. The number of hydrogen-bond acceptors (Lipinski definition) is 10. The summed E-state index contributed by atoms with van der Waals surface area (Å²) in [6.45, 7) is 7.68. The van der Waals surface area contributed by atoms with Crippen LogP contribution in [0.4, 0.5) is 9.59 Å². The first-order valence-electron chi connectivity index (χ1n) is 15.8. The maximum Gasteiger partial charge on any atom is 0.407 e. The molecule has 13 nitrogen and oxygen atoms in total. The fourth-order valence-corrected chi connectivity index (χ4v) is 4.63. The number of amides is 3. The zero-order valence-corrected chi connectivity index (χ0v) is 27.9. The van der Waals surface area contributed by atoms with E-state index in [1.807, 2.05) is 60.7 Å². The molecule has 2 rings (SSSR count). The minimum atomic E-state index is -1.25. The third kappa shape index (κ3) is 15.6. The maximum absolute atomic E-state index is 13.4. The van der Waals surface area contributed by atoms with Crippen LogP contribution in [0.1, 0.15) is 45.7 Å². The Bertz CT molecular complexity index is 1210. The molecule has 47 heavy (non-hydrogen) atoms. The highest BCUT2D eigenvalue weighted by atomic mass is 16.6. The van der Waals surface area contributed by atoms with Gasteiger partial charge in [0.2, 0.25) is 5.91 Å². The lowest BCUT2D eigenvalue weighted by atomic mass is 9.98. The number of benzene rings is 2. The zero-order chi connectivity index (χ0) is 35.0. The number of hydrogen-bond donors (Lipinski definition) is 8. The van der Waals surface area contributed by atoms with Gasteiger partial charge in [-0.1, -0.05) is 74.5 Å². The number of alkyl carbamates (subject to hydrolysis) is 2. The van der Waals surface area contributed by atoms with Crippen LogP contribution in [0.3, 0.4) is 0 Å². The second-order valence-corrected chi connectivity index (χ2v) is 12.8. The maximum atomic E-state index is 13.4. The van der Waals surface area contributed by atoms with Crippen LogP contribution in [-0.2, 0) is 27.1 Å². The van der Waals surface area contributed by atoms with Gasteiger partial charge in [0.05, 0.1) is 30.9 Å². The molecule has 0 aliphatic carbocycles. The Morgan fingerprint density at radius 2 is 1.23 bits per heavy atom. The third-order valence-corrected chi connectivity index (χ3v) is 7.10. The standard InChI is InChI=1S/C34H52N4O9/c1-22(2)30(38-32(44)46-21-25(40)20-39)31(43)36-26(16-23-12-8-6-9-13-23)28(41)18-35-19-29(42)27(17-24-14-10-7-11-15-24)37-33(45)47-34(3,4)5/h6-15,22,25-30,35,39-42H,16-21H2,1-5H3,(H,36,43)(H,37,45)(H,38,44)/t25?,26?,27?,28?,29?,30-/m0/s1. The predicted molar refractivity (Wildman–Crippen MR) is 176 cm³/mol. The molecule has 0 fully saturated rings. The van der Waals surface area contributed by atoms with Crippen LogP contribution in [0.25, 0.3) is 0 Å². The van der Waals surface area contributed by atoms with Crippen LogP contribution in [0.2, 0.25) is 0 Å². The average Bonchev–Trinajstić information content (AvgIpc) is 3.01. The van der Waals surface area contributed by atoms with Gasteiger partial charge in [-0.15, -0.1) is 0 Å². The Balaban J connectivity index is 2.10. The molecule has 0 saturated heterocycles. The Kier molecular flexibility index (Phi) is 16.6. The molecule has 0 bridgehead atoms. The molecule has 0 aromatic heterocycles. The summed E-state index contributed by atoms with van der Waals surface area (Å²) in [5, 5.41) is 51.9. The summed E-state index contributed by atoms with van der Waals surface area (Å²) in [5.74, 6) is -0.906. The molecule has 13 heteroatoms. The van der Waals surface area contributed by atoms with E-state index in [-0.39, 0.29) is 25.4 Å². The summed E-state index contributed by atoms with van der Waals surface area (Å²) in [5.41, 5.74) is 1.03. The second-order valence-electron chi connectivity index (χ2n) is 12.8. The molecule has 0 saturated carbocycles. The molecule has 0 radical (unpaired) electrons. The van der Waals surface area contributed by atoms with Crippen molar-refractivity contribution in [1.29, 1.82) is 0 Å². The van der Waals surface area contributed by atoms with Gasteiger partial charge in [0, 0.05) is 13.1 Å². The van der Waals surface area contributed by atoms with Crippen molar-refractivity contribution in [2.45, 2.75) is 89.5 Å². The number of carbonyl (C=O) groups excluding carboxylic acids is 3.